The molecule has 31 heavy (non-hydrogen) atoms. The lowest BCUT2D eigenvalue weighted by Gasteiger charge is -2.12. The lowest BCUT2D eigenvalue weighted by atomic mass is 10.1. The van der Waals surface area contributed by atoms with Crippen LogP contribution in [-0.2, 0) is 6.61 Å². The van der Waals surface area contributed by atoms with Crippen molar-refractivity contribution in [2.75, 3.05) is 7.11 Å². The van der Waals surface area contributed by atoms with Crippen molar-refractivity contribution in [1.82, 2.24) is 0 Å². The summed E-state index contributed by atoms with van der Waals surface area (Å²) in [7, 11) is 1.64. The summed E-state index contributed by atoms with van der Waals surface area (Å²) >= 11 is 0. The molecule has 0 fully saturated rings. The summed E-state index contributed by atoms with van der Waals surface area (Å²) in [6, 6.07) is 27.7. The van der Waals surface area contributed by atoms with E-state index in [1.807, 2.05) is 79.7 Å². The summed E-state index contributed by atoms with van der Waals surface area (Å²) < 4.78 is 11.5. The van der Waals surface area contributed by atoms with E-state index in [1.165, 1.54) is 5.39 Å². The number of ether oxygens (including phenoxy) is 2. The molecule has 0 heterocycles. The van der Waals surface area contributed by atoms with E-state index in [-0.39, 0.29) is 5.78 Å². The molecule has 0 aromatic heterocycles. The van der Waals surface area contributed by atoms with Gasteiger partial charge in [0.05, 0.1) is 7.11 Å². The largest absolute Gasteiger partial charge is 0.496 e. The van der Waals surface area contributed by atoms with Crippen molar-refractivity contribution >= 4 is 22.6 Å². The van der Waals surface area contributed by atoms with Crippen LogP contribution in [-0.4, -0.2) is 12.9 Å². The maximum absolute atomic E-state index is 12.5. The quantitative estimate of drug-likeness (QED) is 0.254. The average molecular weight is 408 g/mol. The van der Waals surface area contributed by atoms with Crippen LogP contribution in [0, 0.1) is 6.92 Å². The van der Waals surface area contributed by atoms with E-state index < -0.39 is 0 Å². The molecule has 0 radical (unpaired) electrons. The highest BCUT2D eigenvalue weighted by molar-refractivity contribution is 6.06. The van der Waals surface area contributed by atoms with Gasteiger partial charge >= 0.3 is 0 Å². The van der Waals surface area contributed by atoms with Crippen LogP contribution in [0.3, 0.4) is 0 Å². The predicted molar refractivity (Wildman–Crippen MR) is 126 cm³/mol. The summed E-state index contributed by atoms with van der Waals surface area (Å²) in [5.74, 6) is 1.53. The molecule has 4 aromatic carbocycles. The number of rotatable bonds is 7. The van der Waals surface area contributed by atoms with Gasteiger partial charge in [0.25, 0.3) is 0 Å². The van der Waals surface area contributed by atoms with E-state index >= 15 is 0 Å². The van der Waals surface area contributed by atoms with E-state index in [2.05, 4.69) is 18.2 Å². The van der Waals surface area contributed by atoms with Crippen molar-refractivity contribution in [3.05, 3.63) is 113 Å². The molecule has 0 N–H and O–H groups in total. The van der Waals surface area contributed by atoms with Crippen molar-refractivity contribution in [1.29, 1.82) is 0 Å². The van der Waals surface area contributed by atoms with E-state index in [1.54, 1.807) is 13.2 Å². The first-order chi connectivity index (χ1) is 15.1. The van der Waals surface area contributed by atoms with Gasteiger partial charge < -0.3 is 9.47 Å². The Balaban J connectivity index is 1.50. The third-order valence-corrected chi connectivity index (χ3v) is 5.15. The first kappa shape index (κ1) is 20.4. The minimum atomic E-state index is -0.0199. The molecule has 0 atom stereocenters. The topological polar surface area (TPSA) is 35.5 Å². The fourth-order valence-corrected chi connectivity index (χ4v) is 3.50. The van der Waals surface area contributed by atoms with Gasteiger partial charge in [0.15, 0.2) is 5.78 Å². The number of methoxy groups -OCH3 is 1. The van der Waals surface area contributed by atoms with Crippen LogP contribution in [0.4, 0.5) is 0 Å². The van der Waals surface area contributed by atoms with Gasteiger partial charge in [0, 0.05) is 11.1 Å². The zero-order valence-electron chi connectivity index (χ0n) is 17.7. The summed E-state index contributed by atoms with van der Waals surface area (Å²) in [6.45, 7) is 2.35. The SMILES string of the molecule is COc1ccc(/C=C/C(=O)c2cccc(C)c2)cc1COc1ccc2ccccc2c1. The fourth-order valence-electron chi connectivity index (χ4n) is 3.50. The van der Waals surface area contributed by atoms with Crippen LogP contribution in [0.1, 0.15) is 27.0 Å². The second kappa shape index (κ2) is 9.31. The molecular formula is C28H24O3. The van der Waals surface area contributed by atoms with E-state index in [9.17, 15) is 4.79 Å². The third-order valence-electron chi connectivity index (χ3n) is 5.15. The van der Waals surface area contributed by atoms with E-state index in [4.69, 9.17) is 9.47 Å². The summed E-state index contributed by atoms with van der Waals surface area (Å²) in [6.07, 6.45) is 3.42. The lowest BCUT2D eigenvalue weighted by Crippen LogP contribution is -1.99. The Morgan fingerprint density at radius 3 is 2.52 bits per heavy atom. The minimum Gasteiger partial charge on any atom is -0.496 e. The molecule has 4 rings (SSSR count). The summed E-state index contributed by atoms with van der Waals surface area (Å²) in [4.78, 5) is 12.5. The van der Waals surface area contributed by atoms with Gasteiger partial charge in [-0.3, -0.25) is 4.79 Å². The standard InChI is InChI=1S/C28H24O3/c1-20-6-5-9-24(16-20)27(29)14-10-21-11-15-28(30-2)25(17-21)19-31-26-13-12-22-7-3-4-8-23(22)18-26/h3-18H,19H2,1-2H3/b14-10+. The van der Waals surface area contributed by atoms with E-state index in [0.717, 1.165) is 33.6 Å². The predicted octanol–water partition coefficient (Wildman–Crippen LogP) is 6.63. The van der Waals surface area contributed by atoms with Crippen LogP contribution >= 0.6 is 0 Å². The van der Waals surface area contributed by atoms with Crippen LogP contribution in [0.25, 0.3) is 16.8 Å². The Kier molecular flexibility index (Phi) is 6.13. The smallest absolute Gasteiger partial charge is 0.185 e. The normalized spacial score (nSPS) is 11.0. The maximum atomic E-state index is 12.5. The molecule has 3 nitrogen and oxygen atoms in total. The summed E-state index contributed by atoms with van der Waals surface area (Å²) in [5, 5.41) is 2.32. The molecule has 0 aliphatic carbocycles. The van der Waals surface area contributed by atoms with Crippen LogP contribution in [0.2, 0.25) is 0 Å². The third kappa shape index (κ3) is 5.01. The average Bonchev–Trinajstić information content (AvgIpc) is 2.81. The Morgan fingerprint density at radius 1 is 0.871 bits per heavy atom. The molecular weight excluding hydrogens is 384 g/mol. The Bertz CT molecular complexity index is 1250. The van der Waals surface area contributed by atoms with Gasteiger partial charge in [-0.2, -0.15) is 0 Å². The molecule has 4 aromatic rings. The van der Waals surface area contributed by atoms with Gasteiger partial charge in [-0.1, -0.05) is 66.2 Å². The second-order valence-electron chi connectivity index (χ2n) is 7.44. The zero-order valence-corrected chi connectivity index (χ0v) is 17.7. The first-order valence-corrected chi connectivity index (χ1v) is 10.2. The number of fused-ring (bicyclic) bond motifs is 1. The molecule has 0 amide bonds. The highest BCUT2D eigenvalue weighted by Gasteiger charge is 2.07. The number of benzene rings is 4. The first-order valence-electron chi connectivity index (χ1n) is 10.2. The number of carbonyl (C=O) groups is 1. The van der Waals surface area contributed by atoms with Crippen LogP contribution in [0.5, 0.6) is 11.5 Å². The molecule has 0 bridgehead atoms. The molecule has 0 aliphatic rings. The van der Waals surface area contributed by atoms with E-state index in [0.29, 0.717) is 12.2 Å². The van der Waals surface area contributed by atoms with Crippen molar-refractivity contribution in [2.45, 2.75) is 13.5 Å². The lowest BCUT2D eigenvalue weighted by molar-refractivity contribution is 0.104. The van der Waals surface area contributed by atoms with Gasteiger partial charge in [0.2, 0.25) is 0 Å². The Hall–Kier alpha value is -3.85. The molecule has 0 aliphatic heterocycles. The monoisotopic (exact) mass is 408 g/mol. The molecule has 0 unspecified atom stereocenters. The van der Waals surface area contributed by atoms with Crippen molar-refractivity contribution < 1.29 is 14.3 Å². The highest BCUT2D eigenvalue weighted by Crippen LogP contribution is 2.25. The molecule has 0 spiro atoms. The van der Waals surface area contributed by atoms with Crippen LogP contribution in [0.15, 0.2) is 91.0 Å². The van der Waals surface area contributed by atoms with Crippen molar-refractivity contribution in [3.8, 4) is 11.5 Å². The van der Waals surface area contributed by atoms with Gasteiger partial charge in [0.1, 0.15) is 18.1 Å². The van der Waals surface area contributed by atoms with Crippen LogP contribution < -0.4 is 9.47 Å². The Morgan fingerprint density at radius 2 is 1.71 bits per heavy atom. The fraction of sp³-hybridized carbons (Fsp3) is 0.107. The van der Waals surface area contributed by atoms with Gasteiger partial charge in [-0.25, -0.2) is 0 Å². The number of hydrogen-bond donors (Lipinski definition) is 0. The van der Waals surface area contributed by atoms with Crippen molar-refractivity contribution in [3.63, 3.8) is 0 Å². The molecule has 154 valence electrons. The molecule has 0 saturated carbocycles. The summed E-state index contributed by atoms with van der Waals surface area (Å²) in [5.41, 5.74) is 3.58. The van der Waals surface area contributed by atoms with Gasteiger partial charge in [-0.05, 0) is 59.7 Å². The zero-order chi connectivity index (χ0) is 21.6. The minimum absolute atomic E-state index is 0.0199. The number of carbonyl (C=O) groups excluding carboxylic acids is 1. The number of hydrogen-bond acceptors (Lipinski definition) is 3. The van der Waals surface area contributed by atoms with Crippen molar-refractivity contribution in [2.24, 2.45) is 0 Å². The second-order valence-corrected chi connectivity index (χ2v) is 7.44. The molecule has 3 heteroatoms. The maximum Gasteiger partial charge on any atom is 0.185 e. The highest BCUT2D eigenvalue weighted by atomic mass is 16.5. The number of allylic oxidation sites excluding steroid dienone is 1. The van der Waals surface area contributed by atoms with Gasteiger partial charge in [-0.15, -0.1) is 0 Å². The number of aryl methyl sites for hydroxylation is 1. The molecule has 0 saturated heterocycles. The Labute approximate surface area is 182 Å². The number of ketones is 1.